The number of urea groups is 1. The lowest BCUT2D eigenvalue weighted by molar-refractivity contribution is 0.252. The van der Waals surface area contributed by atoms with Crippen molar-refractivity contribution in [1.29, 1.82) is 0 Å². The summed E-state index contributed by atoms with van der Waals surface area (Å²) in [6, 6.07) is 15.7. The first kappa shape index (κ1) is 22.6. The number of amides is 2. The molecule has 0 radical (unpaired) electrons. The number of carbonyl (C=O) groups excluding carboxylic acids is 1. The molecule has 2 aliphatic rings. The summed E-state index contributed by atoms with van der Waals surface area (Å²) in [5, 5.41) is 0.975. The number of hydrogen-bond donors (Lipinski definition) is 1. The molecule has 0 unspecified atom stereocenters. The number of nitrogens with zero attached hydrogens (tertiary/aromatic N) is 3. The lowest BCUT2D eigenvalue weighted by atomic mass is 10.0. The molecule has 34 heavy (non-hydrogen) atoms. The monoisotopic (exact) mass is 462 g/mol. The number of aryl methyl sites for hydroxylation is 1. The van der Waals surface area contributed by atoms with Gasteiger partial charge in [-0.2, -0.15) is 0 Å². The minimum atomic E-state index is -0.474. The Morgan fingerprint density at radius 1 is 1.00 bits per heavy atom. The third kappa shape index (κ3) is 4.99. The van der Waals surface area contributed by atoms with Crippen LogP contribution < -0.4 is 20.3 Å². The third-order valence-electron chi connectivity index (χ3n) is 6.89. The quantitative estimate of drug-likeness (QED) is 0.518. The van der Waals surface area contributed by atoms with Crippen LogP contribution in [0.1, 0.15) is 31.2 Å². The molecule has 0 saturated carbocycles. The van der Waals surface area contributed by atoms with Gasteiger partial charge in [-0.25, -0.2) is 4.79 Å². The predicted molar refractivity (Wildman–Crippen MR) is 136 cm³/mol. The Bertz CT molecular complexity index is 1100. The van der Waals surface area contributed by atoms with Gasteiger partial charge in [0, 0.05) is 37.6 Å². The SMILES string of the molecule is NC(=O)N(CCCCN1CCCN(c2cccc3c2OCCC3)CC1)c1cc2ccccc2o1. The Morgan fingerprint density at radius 2 is 1.91 bits per heavy atom. The number of rotatable bonds is 7. The number of fused-ring (bicyclic) bond motifs is 2. The predicted octanol–water partition coefficient (Wildman–Crippen LogP) is 4.64. The first-order valence-electron chi connectivity index (χ1n) is 12.5. The molecule has 2 aliphatic heterocycles. The van der Waals surface area contributed by atoms with Gasteiger partial charge in [-0.05, 0) is 62.9 Å². The van der Waals surface area contributed by atoms with E-state index >= 15 is 0 Å². The van der Waals surface area contributed by atoms with Crippen LogP contribution in [-0.2, 0) is 6.42 Å². The Labute approximate surface area is 201 Å². The van der Waals surface area contributed by atoms with Gasteiger partial charge < -0.3 is 24.7 Å². The molecule has 5 rings (SSSR count). The Kier molecular flexibility index (Phi) is 6.90. The number of hydrogen-bond acceptors (Lipinski definition) is 5. The van der Waals surface area contributed by atoms with E-state index in [1.54, 1.807) is 4.90 Å². The first-order valence-corrected chi connectivity index (χ1v) is 12.5. The van der Waals surface area contributed by atoms with E-state index in [2.05, 4.69) is 28.0 Å². The summed E-state index contributed by atoms with van der Waals surface area (Å²) in [7, 11) is 0. The summed E-state index contributed by atoms with van der Waals surface area (Å²) in [5.41, 5.74) is 9.02. The van der Waals surface area contributed by atoms with Crippen molar-refractivity contribution in [3.63, 3.8) is 0 Å². The molecular weight excluding hydrogens is 428 g/mol. The molecule has 7 nitrogen and oxygen atoms in total. The Balaban J connectivity index is 1.12. The average Bonchev–Trinajstić information content (AvgIpc) is 3.14. The van der Waals surface area contributed by atoms with E-state index in [1.165, 1.54) is 11.3 Å². The van der Waals surface area contributed by atoms with Crippen molar-refractivity contribution in [1.82, 2.24) is 4.90 Å². The van der Waals surface area contributed by atoms with Crippen molar-refractivity contribution >= 4 is 28.6 Å². The Hall–Kier alpha value is -3.19. The fourth-order valence-electron chi connectivity index (χ4n) is 5.09. The highest BCUT2D eigenvalue weighted by molar-refractivity contribution is 5.92. The van der Waals surface area contributed by atoms with Gasteiger partial charge in [0.1, 0.15) is 11.3 Å². The van der Waals surface area contributed by atoms with Crippen LogP contribution in [0, 0.1) is 0 Å². The molecule has 7 heteroatoms. The number of benzene rings is 2. The van der Waals surface area contributed by atoms with Gasteiger partial charge in [0.2, 0.25) is 5.88 Å². The molecule has 2 N–H and O–H groups in total. The second kappa shape index (κ2) is 10.4. The molecule has 0 bridgehead atoms. The summed E-state index contributed by atoms with van der Waals surface area (Å²) < 4.78 is 11.9. The zero-order chi connectivity index (χ0) is 23.3. The van der Waals surface area contributed by atoms with E-state index in [9.17, 15) is 4.79 Å². The van der Waals surface area contributed by atoms with Gasteiger partial charge in [0.25, 0.3) is 0 Å². The van der Waals surface area contributed by atoms with Crippen molar-refractivity contribution in [2.24, 2.45) is 5.73 Å². The van der Waals surface area contributed by atoms with Gasteiger partial charge in [-0.15, -0.1) is 0 Å². The van der Waals surface area contributed by atoms with Crippen LogP contribution in [-0.4, -0.2) is 56.8 Å². The number of unbranched alkanes of at least 4 members (excludes halogenated alkanes) is 1. The van der Waals surface area contributed by atoms with Crippen molar-refractivity contribution in [3.8, 4) is 5.75 Å². The fourth-order valence-corrected chi connectivity index (χ4v) is 5.09. The van der Waals surface area contributed by atoms with Crippen LogP contribution in [0.2, 0.25) is 0 Å². The third-order valence-corrected chi connectivity index (χ3v) is 6.89. The zero-order valence-electron chi connectivity index (χ0n) is 19.7. The molecule has 0 atom stereocenters. The second-order valence-corrected chi connectivity index (χ2v) is 9.22. The average molecular weight is 463 g/mol. The minimum absolute atomic E-state index is 0.474. The summed E-state index contributed by atoms with van der Waals surface area (Å²) in [5.74, 6) is 1.62. The van der Waals surface area contributed by atoms with E-state index in [0.717, 1.165) is 88.2 Å². The Morgan fingerprint density at radius 3 is 2.79 bits per heavy atom. The standard InChI is InChI=1S/C27H34N4O3/c28-27(32)31(25-20-22-8-1-2-12-24(22)34-25)16-4-3-13-29-14-7-15-30(18-17-29)23-11-5-9-21-10-6-19-33-26(21)23/h1-2,5,8-9,11-12,20H,3-4,6-7,10,13-19H2,(H2,28,32). The van der Waals surface area contributed by atoms with Crippen molar-refractivity contribution < 1.29 is 13.9 Å². The zero-order valence-corrected chi connectivity index (χ0v) is 19.7. The summed E-state index contributed by atoms with van der Waals surface area (Å²) in [4.78, 5) is 18.6. The number of carbonyl (C=O) groups is 1. The maximum absolute atomic E-state index is 12.1. The van der Waals surface area contributed by atoms with Crippen molar-refractivity contribution in [2.45, 2.75) is 32.1 Å². The number of ether oxygens (including phenoxy) is 1. The fraction of sp³-hybridized carbons (Fsp3) is 0.444. The van der Waals surface area contributed by atoms with Gasteiger partial charge in [0.15, 0.2) is 0 Å². The number of primary amides is 1. The van der Waals surface area contributed by atoms with Crippen LogP contribution >= 0.6 is 0 Å². The maximum Gasteiger partial charge on any atom is 0.321 e. The highest BCUT2D eigenvalue weighted by Gasteiger charge is 2.22. The van der Waals surface area contributed by atoms with Crippen LogP contribution in [0.5, 0.6) is 5.75 Å². The number of furan rings is 1. The van der Waals surface area contributed by atoms with Crippen molar-refractivity contribution in [3.05, 3.63) is 54.1 Å². The van der Waals surface area contributed by atoms with Gasteiger partial charge in [-0.3, -0.25) is 4.90 Å². The summed E-state index contributed by atoms with van der Waals surface area (Å²) in [6.45, 7) is 6.58. The van der Waals surface area contributed by atoms with Crippen LogP contribution in [0.15, 0.2) is 52.9 Å². The lowest BCUT2D eigenvalue weighted by Crippen LogP contribution is -2.37. The smallest absolute Gasteiger partial charge is 0.321 e. The topological polar surface area (TPSA) is 75.2 Å². The van der Waals surface area contributed by atoms with E-state index in [4.69, 9.17) is 14.9 Å². The molecule has 2 aromatic carbocycles. The van der Waals surface area contributed by atoms with Crippen LogP contribution in [0.4, 0.5) is 16.4 Å². The van der Waals surface area contributed by atoms with Gasteiger partial charge >= 0.3 is 6.03 Å². The van der Waals surface area contributed by atoms with Crippen molar-refractivity contribution in [2.75, 3.05) is 55.7 Å². The van der Waals surface area contributed by atoms with E-state index in [-0.39, 0.29) is 0 Å². The molecular formula is C27H34N4O3. The molecule has 0 aliphatic carbocycles. The normalized spacial score (nSPS) is 16.6. The van der Waals surface area contributed by atoms with Crippen LogP contribution in [0.25, 0.3) is 11.0 Å². The van der Waals surface area contributed by atoms with Crippen LogP contribution in [0.3, 0.4) is 0 Å². The van der Waals surface area contributed by atoms with E-state index < -0.39 is 6.03 Å². The molecule has 180 valence electrons. The highest BCUT2D eigenvalue weighted by Crippen LogP contribution is 2.36. The second-order valence-electron chi connectivity index (χ2n) is 9.22. The first-order chi connectivity index (χ1) is 16.7. The number of para-hydroxylation sites is 2. The molecule has 3 aromatic rings. The summed E-state index contributed by atoms with van der Waals surface area (Å²) >= 11 is 0. The number of nitrogens with two attached hydrogens (primary N) is 1. The minimum Gasteiger partial charge on any atom is -0.491 e. The molecule has 2 amide bonds. The molecule has 1 saturated heterocycles. The molecule has 1 aromatic heterocycles. The molecule has 1 fully saturated rings. The van der Waals surface area contributed by atoms with E-state index in [0.29, 0.717) is 12.4 Å². The maximum atomic E-state index is 12.1. The molecule has 3 heterocycles. The highest BCUT2D eigenvalue weighted by atomic mass is 16.5. The molecule has 0 spiro atoms. The van der Waals surface area contributed by atoms with Gasteiger partial charge in [-0.1, -0.05) is 30.3 Å². The van der Waals surface area contributed by atoms with Gasteiger partial charge in [0.05, 0.1) is 12.3 Å². The lowest BCUT2D eigenvalue weighted by Gasteiger charge is -2.28. The largest absolute Gasteiger partial charge is 0.491 e. The summed E-state index contributed by atoms with van der Waals surface area (Å²) in [6.07, 6.45) is 5.23. The number of anilines is 2. The van der Waals surface area contributed by atoms with E-state index in [1.807, 2.05) is 30.3 Å².